The summed E-state index contributed by atoms with van der Waals surface area (Å²) in [6.07, 6.45) is 0.572. The molecule has 1 saturated heterocycles. The highest BCUT2D eigenvalue weighted by molar-refractivity contribution is 5.94. The minimum Gasteiger partial charge on any atom is -0.406 e. The molecule has 0 spiro atoms. The summed E-state index contributed by atoms with van der Waals surface area (Å²) in [5, 5.41) is 11.6. The normalized spacial score (nSPS) is 15.7. The van der Waals surface area contributed by atoms with Crippen molar-refractivity contribution in [2.24, 2.45) is 0 Å². The number of carbonyl (C=O) groups excluding carboxylic acids is 1. The monoisotopic (exact) mass is 405 g/mol. The Bertz CT molecular complexity index is 980. The van der Waals surface area contributed by atoms with E-state index in [0.29, 0.717) is 23.9 Å². The van der Waals surface area contributed by atoms with Gasteiger partial charge in [-0.1, -0.05) is 53.1 Å². The number of aromatic nitrogens is 2. The minimum atomic E-state index is -0.408. The van der Waals surface area contributed by atoms with Crippen molar-refractivity contribution in [1.82, 2.24) is 20.4 Å². The number of anilines is 1. The van der Waals surface area contributed by atoms with Gasteiger partial charge in [0.05, 0.1) is 0 Å². The third kappa shape index (κ3) is 4.86. The Labute approximate surface area is 176 Å². The number of hydrogen-bond acceptors (Lipinski definition) is 6. The topological polar surface area (TPSA) is 74.5 Å². The fourth-order valence-corrected chi connectivity index (χ4v) is 3.57. The molecule has 1 unspecified atom stereocenters. The van der Waals surface area contributed by atoms with Crippen molar-refractivity contribution in [3.05, 3.63) is 77.2 Å². The molecule has 2 heterocycles. The molecule has 0 aliphatic carbocycles. The van der Waals surface area contributed by atoms with Crippen molar-refractivity contribution in [1.29, 1.82) is 0 Å². The Morgan fingerprint density at radius 1 is 1.07 bits per heavy atom. The quantitative estimate of drug-likeness (QED) is 0.680. The van der Waals surface area contributed by atoms with Crippen LogP contribution in [0, 0.1) is 6.92 Å². The van der Waals surface area contributed by atoms with E-state index in [9.17, 15) is 4.79 Å². The molecule has 30 heavy (non-hydrogen) atoms. The first-order valence-electron chi connectivity index (χ1n) is 10.3. The first-order valence-corrected chi connectivity index (χ1v) is 10.3. The zero-order valence-corrected chi connectivity index (χ0v) is 17.4. The summed E-state index contributed by atoms with van der Waals surface area (Å²) in [5.41, 5.74) is 2.75. The van der Waals surface area contributed by atoms with Crippen LogP contribution in [0.5, 0.6) is 0 Å². The van der Waals surface area contributed by atoms with E-state index in [1.165, 1.54) is 0 Å². The molecular weight excluding hydrogens is 378 g/mol. The van der Waals surface area contributed by atoms with E-state index in [1.54, 1.807) is 0 Å². The highest BCUT2D eigenvalue weighted by Gasteiger charge is 2.25. The zero-order valence-electron chi connectivity index (χ0n) is 17.4. The number of hydrogen-bond donors (Lipinski definition) is 1. The minimum absolute atomic E-state index is 0.154. The number of carbonyl (C=O) groups is 1. The number of amides is 1. The summed E-state index contributed by atoms with van der Waals surface area (Å²) in [5.74, 6) is 0.271. The van der Waals surface area contributed by atoms with Crippen molar-refractivity contribution >= 4 is 11.9 Å². The van der Waals surface area contributed by atoms with E-state index in [1.807, 2.05) is 61.5 Å². The summed E-state index contributed by atoms with van der Waals surface area (Å²) < 4.78 is 6.02. The first-order chi connectivity index (χ1) is 14.6. The molecule has 0 radical (unpaired) electrons. The maximum atomic E-state index is 12.9. The molecule has 1 aliphatic heterocycles. The Kier molecular flexibility index (Phi) is 6.09. The van der Waals surface area contributed by atoms with E-state index in [-0.39, 0.29) is 5.91 Å². The van der Waals surface area contributed by atoms with Crippen LogP contribution in [0.2, 0.25) is 0 Å². The molecule has 1 aliphatic rings. The van der Waals surface area contributed by atoms with Crippen LogP contribution in [0.1, 0.15) is 33.4 Å². The summed E-state index contributed by atoms with van der Waals surface area (Å²) in [6, 6.07) is 17.7. The molecular formula is C23H27N5O2. The maximum Gasteiger partial charge on any atom is 0.318 e. The van der Waals surface area contributed by atoms with E-state index in [4.69, 9.17) is 4.42 Å². The van der Waals surface area contributed by atoms with Crippen molar-refractivity contribution in [3.8, 4) is 0 Å². The smallest absolute Gasteiger partial charge is 0.318 e. The van der Waals surface area contributed by atoms with Crippen LogP contribution in [0.4, 0.5) is 6.01 Å². The van der Waals surface area contributed by atoms with Crippen LogP contribution >= 0.6 is 0 Å². The van der Waals surface area contributed by atoms with Crippen molar-refractivity contribution in [3.63, 3.8) is 0 Å². The van der Waals surface area contributed by atoms with Crippen molar-refractivity contribution < 1.29 is 9.21 Å². The predicted octanol–water partition coefficient (Wildman–Crippen LogP) is 2.84. The van der Waals surface area contributed by atoms with Crippen molar-refractivity contribution in [2.45, 2.75) is 19.4 Å². The predicted molar refractivity (Wildman–Crippen MR) is 116 cm³/mol. The van der Waals surface area contributed by atoms with Gasteiger partial charge in [0.25, 0.3) is 5.91 Å². The second-order valence-electron chi connectivity index (χ2n) is 7.80. The lowest BCUT2D eigenvalue weighted by Crippen LogP contribution is -2.44. The first kappa shape index (κ1) is 20.1. The second kappa shape index (κ2) is 9.09. The Hall–Kier alpha value is -3.19. The van der Waals surface area contributed by atoms with Gasteiger partial charge in [-0.3, -0.25) is 4.79 Å². The van der Waals surface area contributed by atoms with Gasteiger partial charge < -0.3 is 19.5 Å². The van der Waals surface area contributed by atoms with Crippen molar-refractivity contribution in [2.75, 3.05) is 38.1 Å². The van der Waals surface area contributed by atoms with Crippen LogP contribution in [0.25, 0.3) is 0 Å². The number of likely N-dealkylation sites (N-methyl/N-ethyl adjacent to an activating group) is 1. The Morgan fingerprint density at radius 2 is 1.83 bits per heavy atom. The lowest BCUT2D eigenvalue weighted by atomic mass is 10.0. The van der Waals surface area contributed by atoms with Gasteiger partial charge in [-0.25, -0.2) is 0 Å². The average Bonchev–Trinajstić information content (AvgIpc) is 3.25. The maximum absolute atomic E-state index is 12.9. The molecule has 4 rings (SSSR count). The Morgan fingerprint density at radius 3 is 2.57 bits per heavy atom. The summed E-state index contributed by atoms with van der Waals surface area (Å²) >= 11 is 0. The van der Waals surface area contributed by atoms with Gasteiger partial charge >= 0.3 is 6.01 Å². The second-order valence-corrected chi connectivity index (χ2v) is 7.80. The molecule has 7 heteroatoms. The lowest BCUT2D eigenvalue weighted by molar-refractivity contribution is 0.0930. The average molecular weight is 406 g/mol. The van der Waals surface area contributed by atoms with Gasteiger partial charge in [0.15, 0.2) is 0 Å². The number of benzene rings is 2. The van der Waals surface area contributed by atoms with Gasteiger partial charge in [0.1, 0.15) is 6.04 Å². The molecule has 2 aromatic carbocycles. The standard InChI is InChI=1S/C23H27N5O2/c1-17-7-6-10-19(15-17)21(29)24-20(16-18-8-4-3-5-9-18)22-25-26-23(30-22)28-13-11-27(2)12-14-28/h3-10,15,20H,11-14,16H2,1-2H3,(H,24,29). The molecule has 0 bridgehead atoms. The van der Waals surface area contributed by atoms with E-state index < -0.39 is 6.04 Å². The third-order valence-electron chi connectivity index (χ3n) is 5.37. The van der Waals surface area contributed by atoms with Crippen LogP contribution in [0.3, 0.4) is 0 Å². The Balaban J connectivity index is 1.55. The summed E-state index contributed by atoms with van der Waals surface area (Å²) in [4.78, 5) is 17.3. The van der Waals surface area contributed by atoms with Crippen LogP contribution < -0.4 is 10.2 Å². The molecule has 1 aromatic heterocycles. The number of nitrogens with zero attached hydrogens (tertiary/aromatic N) is 4. The SMILES string of the molecule is Cc1cccc(C(=O)NC(Cc2ccccc2)c2nnc(N3CCN(C)CC3)o2)c1. The molecule has 7 nitrogen and oxygen atoms in total. The summed E-state index contributed by atoms with van der Waals surface area (Å²) in [6.45, 7) is 5.57. The van der Waals surface area contributed by atoms with Gasteiger partial charge in [-0.15, -0.1) is 5.10 Å². The number of rotatable bonds is 6. The molecule has 3 aromatic rings. The number of piperazine rings is 1. The van der Waals surface area contributed by atoms with E-state index in [0.717, 1.165) is 37.3 Å². The molecule has 1 amide bonds. The summed E-state index contributed by atoms with van der Waals surface area (Å²) in [7, 11) is 2.10. The van der Waals surface area contributed by atoms with Crippen LogP contribution in [0.15, 0.2) is 59.0 Å². The highest BCUT2D eigenvalue weighted by Crippen LogP contribution is 2.22. The fourth-order valence-electron chi connectivity index (χ4n) is 3.57. The number of aryl methyl sites for hydroxylation is 1. The van der Waals surface area contributed by atoms with Gasteiger partial charge in [-0.2, -0.15) is 0 Å². The third-order valence-corrected chi connectivity index (χ3v) is 5.37. The molecule has 1 atom stereocenters. The van der Waals surface area contributed by atoms with E-state index in [2.05, 4.69) is 32.4 Å². The van der Waals surface area contributed by atoms with Crippen LogP contribution in [-0.2, 0) is 6.42 Å². The lowest BCUT2D eigenvalue weighted by Gasteiger charge is -2.30. The van der Waals surface area contributed by atoms with E-state index >= 15 is 0 Å². The number of nitrogens with one attached hydrogen (secondary N) is 1. The molecule has 1 N–H and O–H groups in total. The fraction of sp³-hybridized carbons (Fsp3) is 0.348. The molecule has 0 saturated carbocycles. The molecule has 156 valence electrons. The highest BCUT2D eigenvalue weighted by atomic mass is 16.4. The van der Waals surface area contributed by atoms with Crippen LogP contribution in [-0.4, -0.2) is 54.2 Å². The zero-order chi connectivity index (χ0) is 20.9. The molecule has 1 fully saturated rings. The van der Waals surface area contributed by atoms with Gasteiger partial charge in [-0.05, 0) is 31.7 Å². The largest absolute Gasteiger partial charge is 0.406 e. The van der Waals surface area contributed by atoms with Gasteiger partial charge in [0, 0.05) is 38.2 Å². The van der Waals surface area contributed by atoms with Gasteiger partial charge in [0.2, 0.25) is 5.89 Å².